The number of H-pyrrole nitrogens is 1. The van der Waals surface area contributed by atoms with Gasteiger partial charge in [-0.25, -0.2) is 4.99 Å². The molecule has 1 unspecified atom stereocenters. The zero-order chi connectivity index (χ0) is 22.7. The average Bonchev–Trinajstić information content (AvgIpc) is 3.13. The van der Waals surface area contributed by atoms with Crippen LogP contribution in [0.25, 0.3) is 0 Å². The molecule has 9 heteroatoms. The molecule has 0 aliphatic carbocycles. The van der Waals surface area contributed by atoms with Gasteiger partial charge in [0, 0.05) is 23.9 Å². The number of thioether (sulfide) groups is 1. The molecule has 31 heavy (non-hydrogen) atoms. The lowest BCUT2D eigenvalue weighted by atomic mass is 9.98. The summed E-state index contributed by atoms with van der Waals surface area (Å²) >= 11 is 13.6. The number of amides is 1. The molecule has 1 amide bonds. The van der Waals surface area contributed by atoms with Crippen molar-refractivity contribution in [3.63, 3.8) is 0 Å². The largest absolute Gasteiger partial charge is 0.325 e. The number of aromatic amines is 1. The highest BCUT2D eigenvalue weighted by molar-refractivity contribution is 8.14. The first-order valence-corrected chi connectivity index (χ1v) is 11.6. The van der Waals surface area contributed by atoms with Crippen LogP contribution >= 0.6 is 35.0 Å². The van der Waals surface area contributed by atoms with E-state index in [9.17, 15) is 14.9 Å². The maximum absolute atomic E-state index is 13.2. The molecular formula is C22H22Cl2N4O2S. The van der Waals surface area contributed by atoms with E-state index in [1.54, 1.807) is 48.7 Å². The van der Waals surface area contributed by atoms with Crippen LogP contribution in [0.15, 0.2) is 28.0 Å². The first kappa shape index (κ1) is 23.4. The highest BCUT2D eigenvalue weighted by Gasteiger charge is 2.33. The molecule has 2 heterocycles. The molecule has 2 aromatic rings. The number of nitriles is 1. The van der Waals surface area contributed by atoms with Gasteiger partial charge < -0.3 is 4.98 Å². The Balaban J connectivity index is 1.85. The van der Waals surface area contributed by atoms with E-state index in [1.165, 1.54) is 0 Å². The monoisotopic (exact) mass is 476 g/mol. The predicted molar refractivity (Wildman–Crippen MR) is 127 cm³/mol. The van der Waals surface area contributed by atoms with Crippen LogP contribution in [0, 0.1) is 25.2 Å². The summed E-state index contributed by atoms with van der Waals surface area (Å²) in [4.78, 5) is 34.3. The quantitative estimate of drug-likeness (QED) is 0.646. The van der Waals surface area contributed by atoms with Gasteiger partial charge in [0.25, 0.3) is 5.56 Å². The fraction of sp³-hybridized carbons (Fsp3) is 0.364. The van der Waals surface area contributed by atoms with E-state index in [1.807, 2.05) is 13.0 Å². The van der Waals surface area contributed by atoms with Gasteiger partial charge in [-0.15, -0.1) is 0 Å². The van der Waals surface area contributed by atoms with Crippen molar-refractivity contribution >= 4 is 51.7 Å². The molecule has 162 valence electrons. The van der Waals surface area contributed by atoms with Crippen LogP contribution in [-0.2, 0) is 11.2 Å². The fourth-order valence-corrected chi connectivity index (χ4v) is 5.18. The Morgan fingerprint density at radius 2 is 2.10 bits per heavy atom. The van der Waals surface area contributed by atoms with E-state index in [0.29, 0.717) is 38.6 Å². The molecule has 1 aromatic carbocycles. The van der Waals surface area contributed by atoms with Crippen LogP contribution < -0.4 is 5.56 Å². The Morgan fingerprint density at radius 3 is 2.74 bits per heavy atom. The summed E-state index contributed by atoms with van der Waals surface area (Å²) < 4.78 is 0. The number of halogens is 2. The van der Waals surface area contributed by atoms with Gasteiger partial charge in [-0.1, -0.05) is 41.9 Å². The maximum atomic E-state index is 13.2. The van der Waals surface area contributed by atoms with Gasteiger partial charge in [0.15, 0.2) is 5.17 Å². The van der Waals surface area contributed by atoms with E-state index < -0.39 is 5.56 Å². The lowest BCUT2D eigenvalue weighted by Gasteiger charge is -2.23. The molecule has 3 rings (SSSR count). The third-order valence-electron chi connectivity index (χ3n) is 5.35. The van der Waals surface area contributed by atoms with Gasteiger partial charge in [-0.05, 0) is 56.0 Å². The second-order valence-corrected chi connectivity index (χ2v) is 9.10. The van der Waals surface area contributed by atoms with Crippen molar-refractivity contribution in [3.05, 3.63) is 61.0 Å². The second kappa shape index (κ2) is 9.90. The lowest BCUT2D eigenvalue weighted by Crippen LogP contribution is -2.39. The van der Waals surface area contributed by atoms with Gasteiger partial charge >= 0.3 is 0 Å². The van der Waals surface area contributed by atoms with Crippen molar-refractivity contribution in [1.29, 1.82) is 5.26 Å². The zero-order valence-electron chi connectivity index (χ0n) is 17.5. The van der Waals surface area contributed by atoms with Crippen LogP contribution in [0.5, 0.6) is 0 Å². The Labute approximate surface area is 195 Å². The fourth-order valence-electron chi connectivity index (χ4n) is 3.61. The Hall–Kier alpha value is -2.27. The van der Waals surface area contributed by atoms with Crippen molar-refractivity contribution in [2.24, 2.45) is 4.99 Å². The van der Waals surface area contributed by atoms with Crippen LogP contribution in [0.1, 0.15) is 42.1 Å². The van der Waals surface area contributed by atoms with Crippen molar-refractivity contribution < 1.29 is 4.79 Å². The summed E-state index contributed by atoms with van der Waals surface area (Å²) in [6.07, 6.45) is 1.49. The minimum absolute atomic E-state index is 0.0424. The number of aryl methyl sites for hydroxylation is 1. The first-order valence-electron chi connectivity index (χ1n) is 9.87. The number of hydrogen-bond donors (Lipinski definition) is 1. The number of amidine groups is 1. The van der Waals surface area contributed by atoms with Gasteiger partial charge in [-0.3, -0.25) is 14.5 Å². The Morgan fingerprint density at radius 1 is 1.35 bits per heavy atom. The van der Waals surface area contributed by atoms with Gasteiger partial charge in [0.1, 0.15) is 11.6 Å². The molecule has 1 N–H and O–H groups in total. The molecule has 1 aliphatic heterocycles. The molecule has 6 nitrogen and oxygen atoms in total. The second-order valence-electron chi connectivity index (χ2n) is 7.30. The molecule has 0 spiro atoms. The van der Waals surface area contributed by atoms with Crippen molar-refractivity contribution in [2.75, 3.05) is 5.75 Å². The summed E-state index contributed by atoms with van der Waals surface area (Å²) in [5.74, 6) is 0.733. The average molecular weight is 477 g/mol. The van der Waals surface area contributed by atoms with Gasteiger partial charge in [-0.2, -0.15) is 5.26 Å². The minimum atomic E-state index is -0.398. The predicted octanol–water partition coefficient (Wildman–Crippen LogP) is 5.14. The topological polar surface area (TPSA) is 89.3 Å². The Bertz CT molecular complexity index is 1150. The number of hydrogen-bond acceptors (Lipinski definition) is 5. The van der Waals surface area contributed by atoms with Gasteiger partial charge in [0.2, 0.25) is 5.91 Å². The summed E-state index contributed by atoms with van der Waals surface area (Å²) in [6.45, 7) is 5.58. The number of carbonyl (C=O) groups is 1. The maximum Gasteiger partial charge on any atom is 0.266 e. The third kappa shape index (κ3) is 4.98. The number of nitrogens with one attached hydrogen (secondary N) is 1. The van der Waals surface area contributed by atoms with Crippen LogP contribution in [0.3, 0.4) is 0 Å². The van der Waals surface area contributed by atoms with Crippen molar-refractivity contribution in [1.82, 2.24) is 9.88 Å². The smallest absolute Gasteiger partial charge is 0.266 e. The normalized spacial score (nSPS) is 17.2. The number of aromatic nitrogens is 1. The number of rotatable bonds is 5. The molecule has 0 bridgehead atoms. The third-order valence-corrected chi connectivity index (χ3v) is 7.19. The van der Waals surface area contributed by atoms with Crippen LogP contribution in [0.2, 0.25) is 10.0 Å². The van der Waals surface area contributed by atoms with E-state index in [2.05, 4.69) is 9.98 Å². The first-order chi connectivity index (χ1) is 14.8. The summed E-state index contributed by atoms with van der Waals surface area (Å²) in [6, 6.07) is 7.13. The molecule has 1 fully saturated rings. The molecule has 1 saturated heterocycles. The highest BCUT2D eigenvalue weighted by Crippen LogP contribution is 2.32. The molecule has 0 radical (unpaired) electrons. The molecule has 1 atom stereocenters. The zero-order valence-corrected chi connectivity index (χ0v) is 19.8. The number of nitrogens with zero attached hydrogens (tertiary/aromatic N) is 3. The number of benzene rings is 1. The molecule has 1 aliphatic rings. The highest BCUT2D eigenvalue weighted by atomic mass is 35.5. The Kier molecular flexibility index (Phi) is 7.47. The molecule has 1 aromatic heterocycles. The molecule has 0 saturated carbocycles. The lowest BCUT2D eigenvalue weighted by molar-refractivity contribution is -0.128. The molecular weight excluding hydrogens is 455 g/mol. The minimum Gasteiger partial charge on any atom is -0.325 e. The standard InChI is InChI=1S/C22H22Cl2N4O2S/c1-4-15-11-31-22(27-14-5-7-18(23)19(24)9-14)28(15)20(29)8-6-16-12(2)17(10-25)21(30)26-13(16)3/h5,7,9,15H,4,6,8,11H2,1-3H3,(H,26,30). The van der Waals surface area contributed by atoms with Crippen molar-refractivity contribution in [2.45, 2.75) is 46.1 Å². The van der Waals surface area contributed by atoms with E-state index in [0.717, 1.165) is 17.7 Å². The number of pyridine rings is 1. The summed E-state index contributed by atoms with van der Waals surface area (Å²) in [5.41, 5.74) is 2.47. The summed E-state index contributed by atoms with van der Waals surface area (Å²) in [5, 5.41) is 10.8. The van der Waals surface area contributed by atoms with Crippen LogP contribution in [0.4, 0.5) is 5.69 Å². The van der Waals surface area contributed by atoms with E-state index >= 15 is 0 Å². The van der Waals surface area contributed by atoms with Crippen LogP contribution in [-0.4, -0.2) is 32.8 Å². The number of aliphatic imine (C=N–C) groups is 1. The SMILES string of the molecule is CCC1CSC(=Nc2ccc(Cl)c(Cl)c2)N1C(=O)CCc1c(C)[nH]c(=O)c(C#N)c1C. The summed E-state index contributed by atoms with van der Waals surface area (Å²) in [7, 11) is 0. The van der Waals surface area contributed by atoms with E-state index in [-0.39, 0.29) is 23.9 Å². The van der Waals surface area contributed by atoms with Gasteiger partial charge in [0.05, 0.1) is 15.7 Å². The van der Waals surface area contributed by atoms with E-state index in [4.69, 9.17) is 23.2 Å². The number of carbonyl (C=O) groups excluding carboxylic acids is 1. The van der Waals surface area contributed by atoms with Crippen molar-refractivity contribution in [3.8, 4) is 6.07 Å².